The minimum atomic E-state index is -0.995. The van der Waals surface area contributed by atoms with Gasteiger partial charge in [-0.25, -0.2) is 4.79 Å². The smallest absolute Gasteiger partial charge is 0.336 e. The third-order valence-corrected chi connectivity index (χ3v) is 2.14. The van der Waals surface area contributed by atoms with Gasteiger partial charge in [0.2, 0.25) is 0 Å². The fraction of sp³-hybridized carbons (Fsp3) is 0.300. The molecule has 0 heterocycles. The number of phenols is 1. The largest absolute Gasteiger partial charge is 0.507 e. The molecular weight excluding hydrogens is 168 g/mol. The Morgan fingerprint density at radius 3 is 2.23 bits per heavy atom. The van der Waals surface area contributed by atoms with Gasteiger partial charge in [0.1, 0.15) is 5.75 Å². The summed E-state index contributed by atoms with van der Waals surface area (Å²) in [6.07, 6.45) is 0. The van der Waals surface area contributed by atoms with Crippen LogP contribution in [0, 0.1) is 20.8 Å². The van der Waals surface area contributed by atoms with Crippen LogP contribution in [0.1, 0.15) is 27.0 Å². The van der Waals surface area contributed by atoms with Gasteiger partial charge in [-0.1, -0.05) is 6.07 Å². The van der Waals surface area contributed by atoms with Gasteiger partial charge in [0.15, 0.2) is 0 Å². The minimum absolute atomic E-state index is 0.0722. The van der Waals surface area contributed by atoms with E-state index in [0.717, 1.165) is 0 Å². The molecular formula is C10H12O3. The van der Waals surface area contributed by atoms with Crippen LogP contribution in [0.3, 0.4) is 0 Å². The number of aromatic carboxylic acids is 1. The molecule has 0 amide bonds. The molecule has 0 spiro atoms. The highest BCUT2D eigenvalue weighted by molar-refractivity contribution is 5.92. The predicted molar refractivity (Wildman–Crippen MR) is 49.3 cm³/mol. The minimum Gasteiger partial charge on any atom is -0.507 e. The van der Waals surface area contributed by atoms with Crippen LogP contribution in [0.4, 0.5) is 0 Å². The first-order valence-electron chi connectivity index (χ1n) is 3.98. The lowest BCUT2D eigenvalue weighted by Gasteiger charge is -2.09. The summed E-state index contributed by atoms with van der Waals surface area (Å²) in [5.74, 6) is -0.923. The van der Waals surface area contributed by atoms with Crippen LogP contribution < -0.4 is 0 Å². The van der Waals surface area contributed by atoms with Gasteiger partial charge in [-0.15, -0.1) is 0 Å². The highest BCUT2D eigenvalue weighted by atomic mass is 16.4. The summed E-state index contributed by atoms with van der Waals surface area (Å²) in [6, 6.07) is 1.67. The van der Waals surface area contributed by atoms with E-state index in [1.165, 1.54) is 0 Å². The Morgan fingerprint density at radius 2 is 1.77 bits per heavy atom. The van der Waals surface area contributed by atoms with Crippen LogP contribution in [-0.2, 0) is 0 Å². The van der Waals surface area contributed by atoms with E-state index in [-0.39, 0.29) is 11.3 Å². The summed E-state index contributed by atoms with van der Waals surface area (Å²) < 4.78 is 0. The highest BCUT2D eigenvalue weighted by Crippen LogP contribution is 2.27. The SMILES string of the molecule is Cc1cc(C)c(C(=O)O)c(C)c1O. The van der Waals surface area contributed by atoms with Crippen molar-refractivity contribution in [2.75, 3.05) is 0 Å². The summed E-state index contributed by atoms with van der Waals surface area (Å²) in [4.78, 5) is 10.8. The van der Waals surface area contributed by atoms with E-state index in [4.69, 9.17) is 5.11 Å². The van der Waals surface area contributed by atoms with E-state index in [1.54, 1.807) is 26.8 Å². The standard InChI is InChI=1S/C10H12O3/c1-5-4-6(2)9(11)7(3)8(5)10(12)13/h4,11H,1-3H3,(H,12,13). The molecule has 1 aromatic rings. The summed E-state index contributed by atoms with van der Waals surface area (Å²) in [6.45, 7) is 5.09. The number of aromatic hydroxyl groups is 1. The van der Waals surface area contributed by atoms with Gasteiger partial charge in [0, 0.05) is 5.56 Å². The van der Waals surface area contributed by atoms with Crippen molar-refractivity contribution in [2.45, 2.75) is 20.8 Å². The van der Waals surface area contributed by atoms with Crippen molar-refractivity contribution in [2.24, 2.45) is 0 Å². The number of hydrogen-bond donors (Lipinski definition) is 2. The van der Waals surface area contributed by atoms with E-state index < -0.39 is 5.97 Å². The maximum atomic E-state index is 10.8. The highest BCUT2D eigenvalue weighted by Gasteiger charge is 2.15. The van der Waals surface area contributed by atoms with Gasteiger partial charge in [0.05, 0.1) is 5.56 Å². The van der Waals surface area contributed by atoms with Gasteiger partial charge in [-0.3, -0.25) is 0 Å². The van der Waals surface area contributed by atoms with Crippen molar-refractivity contribution in [1.29, 1.82) is 0 Å². The Kier molecular flexibility index (Phi) is 2.28. The number of carboxylic acid groups (broad SMARTS) is 1. The number of phenolic OH excluding ortho intramolecular Hbond substituents is 1. The maximum Gasteiger partial charge on any atom is 0.336 e. The Balaban J connectivity index is 3.53. The van der Waals surface area contributed by atoms with Crippen molar-refractivity contribution in [3.63, 3.8) is 0 Å². The molecule has 0 bridgehead atoms. The van der Waals surface area contributed by atoms with Crippen molar-refractivity contribution in [1.82, 2.24) is 0 Å². The molecule has 1 aromatic carbocycles. The van der Waals surface area contributed by atoms with Crippen molar-refractivity contribution in [3.05, 3.63) is 28.3 Å². The van der Waals surface area contributed by atoms with E-state index >= 15 is 0 Å². The number of hydrogen-bond acceptors (Lipinski definition) is 2. The zero-order valence-corrected chi connectivity index (χ0v) is 7.88. The fourth-order valence-electron chi connectivity index (χ4n) is 1.50. The molecule has 3 heteroatoms. The van der Waals surface area contributed by atoms with E-state index in [2.05, 4.69) is 0 Å². The molecule has 0 atom stereocenters. The second kappa shape index (κ2) is 3.09. The second-order valence-electron chi connectivity index (χ2n) is 3.16. The maximum absolute atomic E-state index is 10.8. The monoisotopic (exact) mass is 180 g/mol. The lowest BCUT2D eigenvalue weighted by Crippen LogP contribution is -2.03. The molecule has 1 rings (SSSR count). The van der Waals surface area contributed by atoms with Crippen molar-refractivity contribution >= 4 is 5.97 Å². The molecule has 2 N–H and O–H groups in total. The Morgan fingerprint density at radius 1 is 1.23 bits per heavy atom. The molecule has 13 heavy (non-hydrogen) atoms. The van der Waals surface area contributed by atoms with Crippen LogP contribution in [0.2, 0.25) is 0 Å². The first-order valence-corrected chi connectivity index (χ1v) is 3.98. The topological polar surface area (TPSA) is 57.5 Å². The van der Waals surface area contributed by atoms with Gasteiger partial charge in [-0.05, 0) is 31.9 Å². The van der Waals surface area contributed by atoms with Crippen molar-refractivity contribution in [3.8, 4) is 5.75 Å². The molecule has 70 valence electrons. The number of carboxylic acids is 1. The van der Waals surface area contributed by atoms with Gasteiger partial charge >= 0.3 is 5.97 Å². The molecule has 0 radical (unpaired) electrons. The summed E-state index contributed by atoms with van der Waals surface area (Å²) in [5.41, 5.74) is 2.02. The third kappa shape index (κ3) is 1.49. The van der Waals surface area contributed by atoms with E-state index in [0.29, 0.717) is 16.7 Å². The molecule has 0 aliphatic rings. The van der Waals surface area contributed by atoms with Gasteiger partial charge in [-0.2, -0.15) is 0 Å². The first kappa shape index (κ1) is 9.58. The molecule has 0 fully saturated rings. The Labute approximate surface area is 76.6 Å². The van der Waals surface area contributed by atoms with E-state index in [9.17, 15) is 9.90 Å². The molecule has 0 aliphatic heterocycles. The lowest BCUT2D eigenvalue weighted by molar-refractivity contribution is 0.0695. The van der Waals surface area contributed by atoms with Crippen LogP contribution in [-0.4, -0.2) is 16.2 Å². The predicted octanol–water partition coefficient (Wildman–Crippen LogP) is 2.02. The quantitative estimate of drug-likeness (QED) is 0.695. The number of carbonyl (C=O) groups is 1. The summed E-state index contributed by atoms with van der Waals surface area (Å²) in [7, 11) is 0. The van der Waals surface area contributed by atoms with Crippen LogP contribution >= 0.6 is 0 Å². The van der Waals surface area contributed by atoms with Crippen molar-refractivity contribution < 1.29 is 15.0 Å². The van der Waals surface area contributed by atoms with Crippen LogP contribution in [0.25, 0.3) is 0 Å². The molecule has 3 nitrogen and oxygen atoms in total. The summed E-state index contributed by atoms with van der Waals surface area (Å²) in [5, 5.41) is 18.3. The molecule has 0 saturated carbocycles. The van der Waals surface area contributed by atoms with Gasteiger partial charge < -0.3 is 10.2 Å². The second-order valence-corrected chi connectivity index (χ2v) is 3.16. The third-order valence-electron chi connectivity index (χ3n) is 2.14. The molecule has 0 aliphatic carbocycles. The Hall–Kier alpha value is -1.51. The fourth-order valence-corrected chi connectivity index (χ4v) is 1.50. The zero-order chi connectivity index (χ0) is 10.2. The van der Waals surface area contributed by atoms with Crippen LogP contribution in [0.5, 0.6) is 5.75 Å². The Bertz CT molecular complexity index is 367. The molecule has 0 unspecified atom stereocenters. The normalized spacial score (nSPS) is 10.1. The average Bonchev–Trinajstić information content (AvgIpc) is 1.99. The van der Waals surface area contributed by atoms with Crippen LogP contribution in [0.15, 0.2) is 6.07 Å². The molecule has 0 aromatic heterocycles. The number of benzene rings is 1. The zero-order valence-electron chi connectivity index (χ0n) is 7.88. The summed E-state index contributed by atoms with van der Waals surface area (Å²) >= 11 is 0. The average molecular weight is 180 g/mol. The van der Waals surface area contributed by atoms with Gasteiger partial charge in [0.25, 0.3) is 0 Å². The van der Waals surface area contributed by atoms with E-state index in [1.807, 2.05) is 0 Å². The molecule has 0 saturated heterocycles. The number of rotatable bonds is 1. The lowest BCUT2D eigenvalue weighted by atomic mass is 9.99. The number of aryl methyl sites for hydroxylation is 2. The first-order chi connectivity index (χ1) is 5.95.